The molecule has 18 heteroatoms. The number of aryl methyl sites for hydroxylation is 1. The third-order valence-corrected chi connectivity index (χ3v) is 12.0. The first-order valence-corrected chi connectivity index (χ1v) is 20.9. The van der Waals surface area contributed by atoms with Crippen LogP contribution in [0.4, 0.5) is 25.0 Å². The number of aromatic nitrogens is 4. The average molecular weight is 869 g/mol. The highest BCUT2D eigenvalue weighted by Crippen LogP contribution is 2.42. The number of aromatic amines is 1. The fourth-order valence-electron chi connectivity index (χ4n) is 8.32. The van der Waals surface area contributed by atoms with E-state index in [1.165, 1.54) is 15.9 Å². The molecule has 3 aromatic carbocycles. The largest absolute Gasteiger partial charge is 0.496 e. The van der Waals surface area contributed by atoms with Gasteiger partial charge in [-0.2, -0.15) is 0 Å². The Balaban J connectivity index is 0.992. The quantitative estimate of drug-likeness (QED) is 0.164. The van der Waals surface area contributed by atoms with Gasteiger partial charge in [-0.3, -0.25) is 34.2 Å². The van der Waals surface area contributed by atoms with Crippen LogP contribution in [0.5, 0.6) is 5.75 Å². The lowest BCUT2D eigenvalue weighted by Gasteiger charge is -2.36. The second kappa shape index (κ2) is 17.9. The number of carbonyl (C=O) groups excluding carboxylic acids is 4. The molecule has 2 N–H and O–H groups in total. The maximum Gasteiger partial charge on any atom is 0.328 e. The van der Waals surface area contributed by atoms with E-state index in [0.29, 0.717) is 84.5 Å². The first-order valence-electron chi connectivity index (χ1n) is 20.5. The molecule has 2 saturated heterocycles. The smallest absolute Gasteiger partial charge is 0.328 e. The van der Waals surface area contributed by atoms with E-state index < -0.39 is 17.7 Å². The van der Waals surface area contributed by atoms with Gasteiger partial charge in [-0.1, -0.05) is 22.9 Å². The molecule has 5 heterocycles. The number of methoxy groups -OCH3 is 1. The Bertz CT molecular complexity index is 2570. The molecule has 0 saturated carbocycles. The van der Waals surface area contributed by atoms with E-state index in [0.717, 1.165) is 18.8 Å². The first-order chi connectivity index (χ1) is 29.9. The Kier molecular flexibility index (Phi) is 12.3. The number of fused-ring (bicyclic) bond motifs is 1. The molecule has 0 aliphatic carbocycles. The standard InChI is InChI=1S/C44H47ClF2N10O5/c1-52(2)43(60)36-24-33-32(23-31(41(47)42(33)49-36)28-5-4-12-55(26-28)40(59)10-14-56-16-11-48-51-56)30-7-6-29(22-38(30)62-3)54-19-17-53(18-20-54)13-8-27-21-34(45)37(25-35(27)46)57-15-9-39(58)50-44(57)61/h5-7,11,16,21-25,49H,4,8-10,12-15,17-20,26H2,1-3H3,(H,50,58,61). The number of carbonyl (C=O) groups is 4. The number of benzene rings is 3. The van der Waals surface area contributed by atoms with E-state index in [9.17, 15) is 19.2 Å². The summed E-state index contributed by atoms with van der Waals surface area (Å²) in [7, 11) is 4.87. The van der Waals surface area contributed by atoms with Gasteiger partial charge in [0.25, 0.3) is 5.91 Å². The highest BCUT2D eigenvalue weighted by molar-refractivity contribution is 6.34. The molecule has 2 fully saturated rings. The van der Waals surface area contributed by atoms with Crippen LogP contribution in [0.15, 0.2) is 60.9 Å². The van der Waals surface area contributed by atoms with Gasteiger partial charge in [0.05, 0.1) is 36.1 Å². The molecule has 0 bridgehead atoms. The summed E-state index contributed by atoms with van der Waals surface area (Å²) < 4.78 is 39.6. The minimum atomic E-state index is -0.624. The number of amides is 5. The van der Waals surface area contributed by atoms with Crippen LogP contribution in [0.3, 0.4) is 0 Å². The van der Waals surface area contributed by atoms with Crippen LogP contribution < -0.4 is 19.9 Å². The molecule has 3 aliphatic rings. The van der Waals surface area contributed by atoms with E-state index in [1.807, 2.05) is 24.3 Å². The second-order valence-electron chi connectivity index (χ2n) is 15.8. The molecule has 62 heavy (non-hydrogen) atoms. The lowest BCUT2D eigenvalue weighted by molar-refractivity contribution is -0.131. The molecule has 0 spiro atoms. The topological polar surface area (TPSA) is 152 Å². The molecular weight excluding hydrogens is 822 g/mol. The number of hydrogen-bond acceptors (Lipinski definition) is 9. The Hall–Kier alpha value is -6.33. The van der Waals surface area contributed by atoms with E-state index >= 15 is 8.78 Å². The number of H-pyrrole nitrogens is 1. The maximum atomic E-state index is 16.7. The number of nitrogens with one attached hydrogen (secondary N) is 2. The minimum absolute atomic E-state index is 0.0692. The zero-order chi connectivity index (χ0) is 43.7. The van der Waals surface area contributed by atoms with Gasteiger partial charge in [-0.05, 0) is 65.9 Å². The molecule has 0 atom stereocenters. The van der Waals surface area contributed by atoms with Crippen LogP contribution >= 0.6 is 11.6 Å². The van der Waals surface area contributed by atoms with Crippen LogP contribution in [0, 0.1) is 11.6 Å². The summed E-state index contributed by atoms with van der Waals surface area (Å²) in [5, 5.41) is 10.7. The van der Waals surface area contributed by atoms with Gasteiger partial charge in [-0.25, -0.2) is 13.6 Å². The molecular formula is C44H47ClF2N10O5. The molecule has 5 amide bonds. The van der Waals surface area contributed by atoms with E-state index in [1.54, 1.807) is 61.4 Å². The summed E-state index contributed by atoms with van der Waals surface area (Å²) in [5.74, 6) is -1.15. The predicted molar refractivity (Wildman–Crippen MR) is 231 cm³/mol. The molecule has 0 radical (unpaired) electrons. The maximum absolute atomic E-state index is 16.7. The Labute approximate surface area is 361 Å². The molecule has 2 aromatic heterocycles. The molecule has 0 unspecified atom stereocenters. The fourth-order valence-corrected chi connectivity index (χ4v) is 8.61. The van der Waals surface area contributed by atoms with Gasteiger partial charge in [0.15, 0.2) is 5.82 Å². The number of ether oxygens (including phenoxy) is 1. The van der Waals surface area contributed by atoms with Crippen molar-refractivity contribution in [3.05, 3.63) is 94.4 Å². The number of rotatable bonds is 12. The zero-order valence-corrected chi connectivity index (χ0v) is 35.5. The van der Waals surface area contributed by atoms with Crippen molar-refractivity contribution in [3.8, 4) is 16.9 Å². The van der Waals surface area contributed by atoms with Gasteiger partial charge in [0.1, 0.15) is 17.3 Å². The van der Waals surface area contributed by atoms with Crippen molar-refractivity contribution in [1.29, 1.82) is 0 Å². The molecule has 324 valence electrons. The Morgan fingerprint density at radius 2 is 1.76 bits per heavy atom. The number of halogens is 3. The third kappa shape index (κ3) is 8.72. The number of piperazine rings is 1. The van der Waals surface area contributed by atoms with E-state index in [2.05, 4.69) is 30.4 Å². The summed E-state index contributed by atoms with van der Waals surface area (Å²) in [4.78, 5) is 62.3. The number of imide groups is 1. The first kappa shape index (κ1) is 42.4. The highest BCUT2D eigenvalue weighted by atomic mass is 35.5. The number of urea groups is 1. The van der Waals surface area contributed by atoms with Crippen LogP contribution in [-0.2, 0) is 22.6 Å². The van der Waals surface area contributed by atoms with Crippen LogP contribution in [-0.4, -0.2) is 132 Å². The summed E-state index contributed by atoms with van der Waals surface area (Å²) in [6.45, 7) is 4.71. The van der Waals surface area contributed by atoms with Crippen molar-refractivity contribution in [3.63, 3.8) is 0 Å². The van der Waals surface area contributed by atoms with Crippen molar-refractivity contribution in [2.75, 3.05) is 83.4 Å². The van der Waals surface area contributed by atoms with Gasteiger partial charge in [0, 0.05) is 114 Å². The van der Waals surface area contributed by atoms with Gasteiger partial charge in [-0.15, -0.1) is 5.10 Å². The normalized spacial score (nSPS) is 16.2. The molecule has 15 nitrogen and oxygen atoms in total. The minimum Gasteiger partial charge on any atom is -0.496 e. The van der Waals surface area contributed by atoms with Gasteiger partial charge >= 0.3 is 6.03 Å². The molecule has 8 rings (SSSR count). The highest BCUT2D eigenvalue weighted by Gasteiger charge is 2.29. The summed E-state index contributed by atoms with van der Waals surface area (Å²) >= 11 is 6.51. The predicted octanol–water partition coefficient (Wildman–Crippen LogP) is 5.59. The third-order valence-electron chi connectivity index (χ3n) is 11.7. The van der Waals surface area contributed by atoms with Crippen molar-refractivity contribution in [2.24, 2.45) is 0 Å². The monoisotopic (exact) mass is 868 g/mol. The summed E-state index contributed by atoms with van der Waals surface area (Å²) in [6, 6.07) is 11.6. The molecule has 5 aromatic rings. The van der Waals surface area contributed by atoms with Crippen molar-refractivity contribution < 1.29 is 32.7 Å². The lowest BCUT2D eigenvalue weighted by Crippen LogP contribution is -2.49. The number of nitrogens with zero attached hydrogens (tertiary/aromatic N) is 8. The summed E-state index contributed by atoms with van der Waals surface area (Å²) in [6.07, 6.45) is 6.54. The number of anilines is 2. The van der Waals surface area contributed by atoms with Crippen molar-refractivity contribution in [1.82, 2.24) is 40.0 Å². The average Bonchev–Trinajstić information content (AvgIpc) is 3.97. The van der Waals surface area contributed by atoms with Crippen LogP contribution in [0.1, 0.15) is 40.9 Å². The van der Waals surface area contributed by atoms with Gasteiger partial charge < -0.3 is 24.4 Å². The Morgan fingerprint density at radius 3 is 2.48 bits per heavy atom. The number of hydrogen-bond donors (Lipinski definition) is 2. The van der Waals surface area contributed by atoms with Crippen LogP contribution in [0.25, 0.3) is 27.6 Å². The zero-order valence-electron chi connectivity index (χ0n) is 34.7. The second-order valence-corrected chi connectivity index (χ2v) is 16.2. The lowest BCUT2D eigenvalue weighted by atomic mass is 9.92. The van der Waals surface area contributed by atoms with Crippen molar-refractivity contribution in [2.45, 2.75) is 32.2 Å². The van der Waals surface area contributed by atoms with Crippen molar-refractivity contribution >= 4 is 63.2 Å². The SMILES string of the molecule is COc1cc(N2CCN(CCc3cc(Cl)c(N4CCC(=O)NC4=O)cc3F)CC2)ccc1-c1cc(C2=CCCN(C(=O)CCn3ccnn3)C2)c(F)c2[nH]c(C(=O)N(C)C)cc12. The molecule has 3 aliphatic heterocycles. The van der Waals surface area contributed by atoms with E-state index in [4.69, 9.17) is 16.3 Å². The van der Waals surface area contributed by atoms with E-state index in [-0.39, 0.29) is 65.6 Å². The van der Waals surface area contributed by atoms with Crippen LogP contribution in [0.2, 0.25) is 5.02 Å². The summed E-state index contributed by atoms with van der Waals surface area (Å²) in [5.41, 5.74) is 4.42. The Morgan fingerprint density at radius 1 is 0.952 bits per heavy atom. The fraction of sp³-hybridized carbons (Fsp3) is 0.364. The van der Waals surface area contributed by atoms with Gasteiger partial charge in [0.2, 0.25) is 11.8 Å².